The van der Waals surface area contributed by atoms with E-state index in [0.29, 0.717) is 24.3 Å². The van der Waals surface area contributed by atoms with Crippen LogP contribution in [0, 0.1) is 0 Å². The number of carbonyl (C=O) groups is 1. The van der Waals surface area contributed by atoms with E-state index in [4.69, 9.17) is 0 Å². The largest absolute Gasteiger partial charge is 0.354 e. The van der Waals surface area contributed by atoms with Gasteiger partial charge in [0.1, 0.15) is 6.54 Å². The monoisotopic (exact) mass is 356 g/mol. The van der Waals surface area contributed by atoms with Crippen molar-refractivity contribution < 1.29 is 4.79 Å². The number of benzene rings is 1. The van der Waals surface area contributed by atoms with Gasteiger partial charge in [-0.15, -0.1) is 11.3 Å². The molecular weight excluding hydrogens is 336 g/mol. The Morgan fingerprint density at radius 1 is 1.32 bits per heavy atom. The third kappa shape index (κ3) is 4.11. The van der Waals surface area contributed by atoms with E-state index in [1.807, 2.05) is 17.5 Å². The molecule has 0 radical (unpaired) electrons. The van der Waals surface area contributed by atoms with Crippen molar-refractivity contribution >= 4 is 28.0 Å². The summed E-state index contributed by atoms with van der Waals surface area (Å²) in [5.41, 5.74) is 0.726. The van der Waals surface area contributed by atoms with Gasteiger partial charge in [0.25, 0.3) is 5.56 Å². The molecule has 7 heteroatoms. The third-order valence-corrected chi connectivity index (χ3v) is 5.02. The molecule has 3 rings (SSSR count). The number of aromatic nitrogens is 3. The summed E-state index contributed by atoms with van der Waals surface area (Å²) < 4.78 is 1.19. The first-order valence-corrected chi connectivity index (χ1v) is 9.08. The van der Waals surface area contributed by atoms with Gasteiger partial charge in [0, 0.05) is 29.6 Å². The van der Waals surface area contributed by atoms with Gasteiger partial charge in [-0.25, -0.2) is 9.67 Å². The van der Waals surface area contributed by atoms with Crippen LogP contribution < -0.4 is 10.9 Å². The van der Waals surface area contributed by atoms with Crippen molar-refractivity contribution in [2.75, 3.05) is 6.54 Å². The van der Waals surface area contributed by atoms with Crippen molar-refractivity contribution in [3.63, 3.8) is 0 Å². The molecule has 6 nitrogen and oxygen atoms in total. The Hall–Kier alpha value is -2.54. The highest BCUT2D eigenvalue weighted by Gasteiger charge is 2.09. The zero-order chi connectivity index (χ0) is 17.8. The number of amides is 1. The maximum absolute atomic E-state index is 12.3. The maximum atomic E-state index is 12.3. The summed E-state index contributed by atoms with van der Waals surface area (Å²) in [7, 11) is 0. The van der Waals surface area contributed by atoms with E-state index >= 15 is 0 Å². The van der Waals surface area contributed by atoms with E-state index in [0.717, 1.165) is 16.1 Å². The lowest BCUT2D eigenvalue weighted by atomic mass is 10.2. The first kappa shape index (κ1) is 17.3. The van der Waals surface area contributed by atoms with Crippen LogP contribution in [0.4, 0.5) is 0 Å². The normalized spacial score (nSPS) is 11.2. The van der Waals surface area contributed by atoms with Gasteiger partial charge in [-0.1, -0.05) is 32.0 Å². The standard InChI is InChI=1S/C18H20N4O2S/c1-12(2)17-21-14(11-25-17)7-8-19-16(23)10-22-18(24)15-6-4-3-5-13(15)9-20-22/h3-6,9,11-12H,7-8,10H2,1-2H3,(H,19,23). The fraction of sp³-hybridized carbons (Fsp3) is 0.333. The van der Waals surface area contributed by atoms with Crippen LogP contribution in [0.2, 0.25) is 0 Å². The molecule has 1 amide bonds. The van der Waals surface area contributed by atoms with Crippen molar-refractivity contribution in [3.05, 3.63) is 56.9 Å². The molecule has 0 aliphatic heterocycles. The smallest absolute Gasteiger partial charge is 0.275 e. The minimum absolute atomic E-state index is 0.0853. The van der Waals surface area contributed by atoms with Crippen LogP contribution in [0.5, 0.6) is 0 Å². The molecule has 0 aliphatic rings. The highest BCUT2D eigenvalue weighted by Crippen LogP contribution is 2.19. The van der Waals surface area contributed by atoms with Crippen molar-refractivity contribution in [1.29, 1.82) is 0 Å². The Balaban J connectivity index is 1.57. The molecule has 25 heavy (non-hydrogen) atoms. The lowest BCUT2D eigenvalue weighted by molar-refractivity contribution is -0.121. The second kappa shape index (κ2) is 7.57. The fourth-order valence-electron chi connectivity index (χ4n) is 2.46. The molecule has 0 saturated carbocycles. The number of carbonyl (C=O) groups excluding carboxylic acids is 1. The number of nitrogens with one attached hydrogen (secondary N) is 1. The van der Waals surface area contributed by atoms with Gasteiger partial charge < -0.3 is 5.32 Å². The highest BCUT2D eigenvalue weighted by atomic mass is 32.1. The van der Waals surface area contributed by atoms with E-state index < -0.39 is 0 Å². The molecule has 2 heterocycles. The molecule has 0 aliphatic carbocycles. The van der Waals surface area contributed by atoms with Crippen LogP contribution in [-0.4, -0.2) is 27.2 Å². The van der Waals surface area contributed by atoms with E-state index in [2.05, 4.69) is 29.2 Å². The second-order valence-electron chi connectivity index (χ2n) is 6.13. The average molecular weight is 356 g/mol. The summed E-state index contributed by atoms with van der Waals surface area (Å²) in [4.78, 5) is 29.0. The summed E-state index contributed by atoms with van der Waals surface area (Å²) in [6.45, 7) is 4.62. The van der Waals surface area contributed by atoms with Crippen LogP contribution in [0.3, 0.4) is 0 Å². The van der Waals surface area contributed by atoms with E-state index in [-0.39, 0.29) is 18.0 Å². The number of nitrogens with zero attached hydrogens (tertiary/aromatic N) is 3. The topological polar surface area (TPSA) is 76.9 Å². The Morgan fingerprint density at radius 3 is 2.88 bits per heavy atom. The number of fused-ring (bicyclic) bond motifs is 1. The maximum Gasteiger partial charge on any atom is 0.275 e. The van der Waals surface area contributed by atoms with Crippen LogP contribution >= 0.6 is 11.3 Å². The van der Waals surface area contributed by atoms with Crippen molar-refractivity contribution in [2.45, 2.75) is 32.7 Å². The van der Waals surface area contributed by atoms with Crippen molar-refractivity contribution in [3.8, 4) is 0 Å². The van der Waals surface area contributed by atoms with E-state index in [1.54, 1.807) is 29.7 Å². The molecule has 0 spiro atoms. The van der Waals surface area contributed by atoms with Crippen LogP contribution in [0.1, 0.15) is 30.5 Å². The summed E-state index contributed by atoms with van der Waals surface area (Å²) in [5.74, 6) is 0.184. The Bertz CT molecular complexity index is 945. The van der Waals surface area contributed by atoms with Gasteiger partial charge in [-0.2, -0.15) is 5.10 Å². The quantitative estimate of drug-likeness (QED) is 0.735. The number of hydrogen-bond acceptors (Lipinski definition) is 5. The van der Waals surface area contributed by atoms with Crippen LogP contribution in [-0.2, 0) is 17.8 Å². The Kier molecular flexibility index (Phi) is 5.23. The SMILES string of the molecule is CC(C)c1nc(CCNC(=O)Cn2ncc3ccccc3c2=O)cs1. The third-order valence-electron chi connectivity index (χ3n) is 3.82. The molecule has 1 aromatic carbocycles. The molecule has 0 atom stereocenters. The molecule has 2 aromatic heterocycles. The predicted octanol–water partition coefficient (Wildman–Crippen LogP) is 2.34. The number of thiazole rings is 1. The Labute approximate surface area is 149 Å². The van der Waals surface area contributed by atoms with Crippen molar-refractivity contribution in [1.82, 2.24) is 20.1 Å². The van der Waals surface area contributed by atoms with Gasteiger partial charge >= 0.3 is 0 Å². The highest BCUT2D eigenvalue weighted by molar-refractivity contribution is 7.09. The number of hydrogen-bond donors (Lipinski definition) is 1. The minimum atomic E-state index is -0.255. The lowest BCUT2D eigenvalue weighted by Gasteiger charge is -2.07. The summed E-state index contributed by atoms with van der Waals surface area (Å²) in [5, 5.41) is 11.4. The predicted molar refractivity (Wildman–Crippen MR) is 98.9 cm³/mol. The zero-order valence-electron chi connectivity index (χ0n) is 14.2. The van der Waals surface area contributed by atoms with Gasteiger partial charge in [0.05, 0.1) is 22.3 Å². The van der Waals surface area contributed by atoms with E-state index in [1.165, 1.54) is 4.68 Å². The molecule has 0 fully saturated rings. The lowest BCUT2D eigenvalue weighted by Crippen LogP contribution is -2.34. The molecule has 1 N–H and O–H groups in total. The Morgan fingerprint density at radius 2 is 2.12 bits per heavy atom. The van der Waals surface area contributed by atoms with Gasteiger partial charge in [-0.3, -0.25) is 9.59 Å². The van der Waals surface area contributed by atoms with E-state index in [9.17, 15) is 9.59 Å². The molecule has 3 aromatic rings. The fourth-order valence-corrected chi connectivity index (χ4v) is 3.33. The second-order valence-corrected chi connectivity index (χ2v) is 7.02. The first-order chi connectivity index (χ1) is 12.0. The number of rotatable bonds is 6. The first-order valence-electron chi connectivity index (χ1n) is 8.20. The van der Waals surface area contributed by atoms with Gasteiger partial charge in [-0.05, 0) is 6.07 Å². The molecular formula is C18H20N4O2S. The molecule has 130 valence electrons. The van der Waals surface area contributed by atoms with Gasteiger partial charge in [0.2, 0.25) is 5.91 Å². The molecule has 0 unspecified atom stereocenters. The van der Waals surface area contributed by atoms with Crippen molar-refractivity contribution in [2.24, 2.45) is 0 Å². The molecule has 0 bridgehead atoms. The van der Waals surface area contributed by atoms with Crippen LogP contribution in [0.15, 0.2) is 40.6 Å². The summed E-state index contributed by atoms with van der Waals surface area (Å²) in [6.07, 6.45) is 2.28. The summed E-state index contributed by atoms with van der Waals surface area (Å²) in [6, 6.07) is 7.22. The minimum Gasteiger partial charge on any atom is -0.354 e. The average Bonchev–Trinajstić information content (AvgIpc) is 3.07. The van der Waals surface area contributed by atoms with Crippen LogP contribution in [0.25, 0.3) is 10.8 Å². The summed E-state index contributed by atoms with van der Waals surface area (Å²) >= 11 is 1.64. The zero-order valence-corrected chi connectivity index (χ0v) is 15.0. The van der Waals surface area contributed by atoms with Gasteiger partial charge in [0.15, 0.2) is 0 Å². The molecule has 0 saturated heterocycles.